The van der Waals surface area contributed by atoms with Crippen molar-refractivity contribution in [1.29, 1.82) is 0 Å². The van der Waals surface area contributed by atoms with E-state index in [1.54, 1.807) is 0 Å². The van der Waals surface area contributed by atoms with Crippen LogP contribution in [0.25, 0.3) is 0 Å². The Balaban J connectivity index is 2.68. The summed E-state index contributed by atoms with van der Waals surface area (Å²) in [5.41, 5.74) is 2.16. The Morgan fingerprint density at radius 1 is 1.33 bits per heavy atom. The highest BCUT2D eigenvalue weighted by molar-refractivity contribution is 5.29. The zero-order chi connectivity index (χ0) is 13.4. The summed E-state index contributed by atoms with van der Waals surface area (Å²) in [6.07, 6.45) is 9.92. The minimum atomic E-state index is -0.326. The highest BCUT2D eigenvalue weighted by Gasteiger charge is 2.23. The van der Waals surface area contributed by atoms with Gasteiger partial charge in [-0.05, 0) is 50.3 Å². The summed E-state index contributed by atoms with van der Waals surface area (Å²) in [6, 6.07) is 0. The van der Waals surface area contributed by atoms with Gasteiger partial charge in [-0.3, -0.25) is 0 Å². The molecule has 2 heteroatoms. The third kappa shape index (κ3) is 4.79. The number of hydrogen-bond donors (Lipinski definition) is 2. The summed E-state index contributed by atoms with van der Waals surface area (Å²) in [4.78, 5) is 0. The van der Waals surface area contributed by atoms with Crippen LogP contribution in [0.4, 0.5) is 0 Å². The van der Waals surface area contributed by atoms with E-state index >= 15 is 0 Å². The third-order valence-electron chi connectivity index (χ3n) is 3.58. The predicted molar refractivity (Wildman–Crippen MR) is 78.5 cm³/mol. The van der Waals surface area contributed by atoms with E-state index in [0.717, 1.165) is 49.9 Å². The Bertz CT molecular complexity index is 311. The Morgan fingerprint density at radius 2 is 2.00 bits per heavy atom. The largest absolute Gasteiger partial charge is 0.388 e. The van der Waals surface area contributed by atoms with E-state index in [9.17, 15) is 5.11 Å². The Morgan fingerprint density at radius 3 is 2.56 bits per heavy atom. The van der Waals surface area contributed by atoms with Gasteiger partial charge in [0, 0.05) is 0 Å². The molecule has 0 aromatic heterocycles. The highest BCUT2D eigenvalue weighted by atomic mass is 16.3. The van der Waals surface area contributed by atoms with E-state index in [2.05, 4.69) is 31.8 Å². The van der Waals surface area contributed by atoms with E-state index in [1.807, 2.05) is 12.2 Å². The number of rotatable bonds is 6. The lowest BCUT2D eigenvalue weighted by Crippen LogP contribution is -2.34. The molecule has 2 nitrogen and oxygen atoms in total. The molecule has 1 aliphatic heterocycles. The van der Waals surface area contributed by atoms with Gasteiger partial charge in [0.25, 0.3) is 0 Å². The number of allylic oxidation sites excluding steroid dienone is 3. The monoisotopic (exact) mass is 249 g/mol. The lowest BCUT2D eigenvalue weighted by Gasteiger charge is -2.28. The van der Waals surface area contributed by atoms with Gasteiger partial charge in [-0.1, -0.05) is 44.2 Å². The van der Waals surface area contributed by atoms with Crippen molar-refractivity contribution in [3.05, 3.63) is 36.0 Å². The molecule has 0 amide bonds. The first-order chi connectivity index (χ1) is 8.69. The molecule has 0 aromatic rings. The van der Waals surface area contributed by atoms with Crippen molar-refractivity contribution >= 4 is 0 Å². The molecule has 0 aliphatic carbocycles. The van der Waals surface area contributed by atoms with E-state index in [-0.39, 0.29) is 6.10 Å². The molecule has 1 atom stereocenters. The minimum Gasteiger partial charge on any atom is -0.388 e. The molecule has 18 heavy (non-hydrogen) atoms. The molecule has 1 unspecified atom stereocenters. The van der Waals surface area contributed by atoms with Crippen LogP contribution in [0, 0.1) is 5.92 Å². The van der Waals surface area contributed by atoms with E-state index in [0.29, 0.717) is 5.92 Å². The van der Waals surface area contributed by atoms with Crippen molar-refractivity contribution in [1.82, 2.24) is 5.32 Å². The van der Waals surface area contributed by atoms with E-state index in [1.165, 1.54) is 0 Å². The molecule has 1 rings (SSSR count). The molecule has 2 N–H and O–H groups in total. The smallest absolute Gasteiger partial charge is 0.0816 e. The van der Waals surface area contributed by atoms with Gasteiger partial charge in [-0.2, -0.15) is 0 Å². The highest BCUT2D eigenvalue weighted by Crippen LogP contribution is 2.23. The molecular weight excluding hydrogens is 222 g/mol. The van der Waals surface area contributed by atoms with Crippen LogP contribution < -0.4 is 5.32 Å². The normalized spacial score (nSPS) is 20.3. The Hall–Kier alpha value is -0.860. The molecule has 0 spiro atoms. The van der Waals surface area contributed by atoms with Gasteiger partial charge in [0.05, 0.1) is 6.10 Å². The van der Waals surface area contributed by atoms with Gasteiger partial charge in [-0.15, -0.1) is 0 Å². The number of nitrogens with one attached hydrogen (secondary N) is 1. The second-order valence-electron chi connectivity index (χ2n) is 4.99. The minimum absolute atomic E-state index is 0.326. The van der Waals surface area contributed by atoms with Crippen LogP contribution in [0.1, 0.15) is 39.5 Å². The van der Waals surface area contributed by atoms with Gasteiger partial charge in [0.2, 0.25) is 0 Å². The fourth-order valence-corrected chi connectivity index (χ4v) is 2.29. The van der Waals surface area contributed by atoms with Crippen LogP contribution in [0.5, 0.6) is 0 Å². The van der Waals surface area contributed by atoms with Gasteiger partial charge in [0.1, 0.15) is 0 Å². The SMILES string of the molecule is C=C(/C=C\C(=C/CC)C(O)C1CCNCC1)CC. The number of piperidine rings is 1. The summed E-state index contributed by atoms with van der Waals surface area (Å²) in [5, 5.41) is 13.8. The Kier molecular flexibility index (Phi) is 6.99. The van der Waals surface area contributed by atoms with Crippen LogP contribution in [-0.4, -0.2) is 24.3 Å². The molecule has 0 radical (unpaired) electrons. The first-order valence-electron chi connectivity index (χ1n) is 7.13. The first-order valence-corrected chi connectivity index (χ1v) is 7.13. The molecule has 0 aromatic carbocycles. The first kappa shape index (κ1) is 15.2. The van der Waals surface area contributed by atoms with E-state index in [4.69, 9.17) is 0 Å². The second-order valence-corrected chi connectivity index (χ2v) is 4.99. The fraction of sp³-hybridized carbons (Fsp3) is 0.625. The van der Waals surface area contributed by atoms with Gasteiger partial charge in [-0.25, -0.2) is 0 Å². The Labute approximate surface area is 111 Å². The number of aliphatic hydroxyl groups is 1. The predicted octanol–water partition coefficient (Wildman–Crippen LogP) is 3.21. The molecule has 1 fully saturated rings. The van der Waals surface area contributed by atoms with Crippen LogP contribution in [0.3, 0.4) is 0 Å². The summed E-state index contributed by atoms with van der Waals surface area (Å²) >= 11 is 0. The molecule has 0 bridgehead atoms. The lowest BCUT2D eigenvalue weighted by atomic mass is 9.87. The van der Waals surface area contributed by atoms with Crippen LogP contribution in [0.15, 0.2) is 36.0 Å². The standard InChI is InChI=1S/C16H27NO/c1-4-6-14(8-7-13(3)5-2)16(18)15-9-11-17-12-10-15/h6-8,15-18H,3-5,9-12H2,1-2H3/b8-7-,14-6+. The molecule has 1 aliphatic rings. The van der Waals surface area contributed by atoms with Crippen molar-refractivity contribution in [3.63, 3.8) is 0 Å². The van der Waals surface area contributed by atoms with Crippen molar-refractivity contribution in [2.75, 3.05) is 13.1 Å². The summed E-state index contributed by atoms with van der Waals surface area (Å²) in [7, 11) is 0. The average Bonchev–Trinajstić information content (AvgIpc) is 2.43. The quantitative estimate of drug-likeness (QED) is 0.709. The maximum atomic E-state index is 10.5. The second kappa shape index (κ2) is 8.28. The van der Waals surface area contributed by atoms with Gasteiger partial charge >= 0.3 is 0 Å². The molecule has 0 saturated carbocycles. The van der Waals surface area contributed by atoms with Crippen LogP contribution in [0.2, 0.25) is 0 Å². The zero-order valence-corrected chi connectivity index (χ0v) is 11.8. The molecular formula is C16H27NO. The lowest BCUT2D eigenvalue weighted by molar-refractivity contribution is 0.122. The van der Waals surface area contributed by atoms with Crippen LogP contribution >= 0.6 is 0 Å². The number of hydrogen-bond acceptors (Lipinski definition) is 2. The summed E-state index contributed by atoms with van der Waals surface area (Å²) in [5.74, 6) is 0.392. The third-order valence-corrected chi connectivity index (χ3v) is 3.58. The maximum Gasteiger partial charge on any atom is 0.0816 e. The van der Waals surface area contributed by atoms with Crippen molar-refractivity contribution in [3.8, 4) is 0 Å². The van der Waals surface area contributed by atoms with Crippen molar-refractivity contribution in [2.24, 2.45) is 5.92 Å². The molecule has 1 heterocycles. The zero-order valence-electron chi connectivity index (χ0n) is 11.8. The summed E-state index contributed by atoms with van der Waals surface area (Å²) in [6.45, 7) is 10.2. The van der Waals surface area contributed by atoms with Crippen molar-refractivity contribution < 1.29 is 5.11 Å². The maximum absolute atomic E-state index is 10.5. The van der Waals surface area contributed by atoms with Crippen LogP contribution in [-0.2, 0) is 0 Å². The van der Waals surface area contributed by atoms with Crippen molar-refractivity contribution in [2.45, 2.75) is 45.6 Å². The average molecular weight is 249 g/mol. The number of aliphatic hydroxyl groups excluding tert-OH is 1. The van der Waals surface area contributed by atoms with Gasteiger partial charge in [0.15, 0.2) is 0 Å². The molecule has 1 saturated heterocycles. The fourth-order valence-electron chi connectivity index (χ4n) is 2.29. The van der Waals surface area contributed by atoms with E-state index < -0.39 is 0 Å². The summed E-state index contributed by atoms with van der Waals surface area (Å²) < 4.78 is 0. The van der Waals surface area contributed by atoms with Gasteiger partial charge < -0.3 is 10.4 Å². The molecule has 102 valence electrons. The topological polar surface area (TPSA) is 32.3 Å².